The van der Waals surface area contributed by atoms with Crippen LogP contribution in [0.1, 0.15) is 37.7 Å². The molecule has 1 aromatic rings. The van der Waals surface area contributed by atoms with Crippen molar-refractivity contribution in [1.82, 2.24) is 0 Å². The first kappa shape index (κ1) is 14.7. The number of nitrogens with zero attached hydrogens (tertiary/aromatic N) is 1. The molecule has 0 bridgehead atoms. The monoisotopic (exact) mass is 277 g/mol. The number of benzene rings is 1. The standard InChI is InChI=1S/C16H23NO3/c1-18-14-10-9-12(15(19-2)16(14)20-3)11-17-13-7-5-4-6-8-13/h9-11,13H,4-8H2,1-3H3. The molecule has 0 saturated heterocycles. The maximum absolute atomic E-state index is 5.45. The molecule has 1 aromatic carbocycles. The molecular formula is C16H23NO3. The van der Waals surface area contributed by atoms with Crippen molar-refractivity contribution in [3.05, 3.63) is 17.7 Å². The molecule has 1 aliphatic carbocycles. The molecule has 1 saturated carbocycles. The zero-order chi connectivity index (χ0) is 14.4. The minimum Gasteiger partial charge on any atom is -0.493 e. The highest BCUT2D eigenvalue weighted by molar-refractivity contribution is 5.86. The lowest BCUT2D eigenvalue weighted by atomic mass is 9.96. The van der Waals surface area contributed by atoms with Crippen molar-refractivity contribution in [2.75, 3.05) is 21.3 Å². The van der Waals surface area contributed by atoms with Gasteiger partial charge in [-0.25, -0.2) is 0 Å². The van der Waals surface area contributed by atoms with E-state index >= 15 is 0 Å². The van der Waals surface area contributed by atoms with Gasteiger partial charge in [-0.15, -0.1) is 0 Å². The fraction of sp³-hybridized carbons (Fsp3) is 0.562. The average molecular weight is 277 g/mol. The van der Waals surface area contributed by atoms with Crippen molar-refractivity contribution in [2.24, 2.45) is 4.99 Å². The van der Waals surface area contributed by atoms with E-state index in [2.05, 4.69) is 0 Å². The summed E-state index contributed by atoms with van der Waals surface area (Å²) in [5.74, 6) is 1.95. The Morgan fingerprint density at radius 2 is 1.65 bits per heavy atom. The molecule has 0 aromatic heterocycles. The molecule has 0 radical (unpaired) electrons. The molecule has 4 nitrogen and oxygen atoms in total. The maximum atomic E-state index is 5.45. The van der Waals surface area contributed by atoms with Gasteiger partial charge in [-0.1, -0.05) is 19.3 Å². The van der Waals surface area contributed by atoms with Crippen LogP contribution in [0.3, 0.4) is 0 Å². The molecule has 2 rings (SSSR count). The van der Waals surface area contributed by atoms with E-state index in [1.54, 1.807) is 21.3 Å². The molecule has 4 heteroatoms. The number of hydrogen-bond acceptors (Lipinski definition) is 4. The van der Waals surface area contributed by atoms with Crippen LogP contribution >= 0.6 is 0 Å². The fourth-order valence-corrected chi connectivity index (χ4v) is 2.64. The van der Waals surface area contributed by atoms with Crippen LogP contribution in [0.15, 0.2) is 17.1 Å². The smallest absolute Gasteiger partial charge is 0.203 e. The quantitative estimate of drug-likeness (QED) is 0.774. The summed E-state index contributed by atoms with van der Waals surface area (Å²) in [6, 6.07) is 4.28. The van der Waals surface area contributed by atoms with E-state index in [1.807, 2.05) is 18.3 Å². The highest BCUT2D eigenvalue weighted by Gasteiger charge is 2.15. The van der Waals surface area contributed by atoms with Gasteiger partial charge in [-0.05, 0) is 25.0 Å². The van der Waals surface area contributed by atoms with Crippen molar-refractivity contribution in [3.8, 4) is 17.2 Å². The normalized spacial score (nSPS) is 16.4. The number of aliphatic imine (C=N–C) groups is 1. The van der Waals surface area contributed by atoms with Crippen molar-refractivity contribution < 1.29 is 14.2 Å². The van der Waals surface area contributed by atoms with Gasteiger partial charge in [0.05, 0.1) is 21.3 Å². The van der Waals surface area contributed by atoms with Gasteiger partial charge in [0, 0.05) is 17.8 Å². The first-order valence-electron chi connectivity index (χ1n) is 7.12. The van der Waals surface area contributed by atoms with Crippen LogP contribution in [0.2, 0.25) is 0 Å². The Morgan fingerprint density at radius 3 is 2.25 bits per heavy atom. The third-order valence-corrected chi connectivity index (χ3v) is 3.73. The Labute approximate surface area is 120 Å². The van der Waals surface area contributed by atoms with Crippen LogP contribution in [0, 0.1) is 0 Å². The van der Waals surface area contributed by atoms with Crippen LogP contribution in [0.5, 0.6) is 17.2 Å². The predicted octanol–water partition coefficient (Wildman–Crippen LogP) is 3.46. The summed E-state index contributed by atoms with van der Waals surface area (Å²) in [4.78, 5) is 4.69. The molecule has 1 fully saturated rings. The van der Waals surface area contributed by atoms with E-state index < -0.39 is 0 Å². The molecule has 0 N–H and O–H groups in total. The van der Waals surface area contributed by atoms with E-state index in [0.29, 0.717) is 23.3 Å². The number of rotatable bonds is 5. The fourth-order valence-electron chi connectivity index (χ4n) is 2.64. The number of methoxy groups -OCH3 is 3. The summed E-state index contributed by atoms with van der Waals surface area (Å²) >= 11 is 0. The summed E-state index contributed by atoms with van der Waals surface area (Å²) in [6.07, 6.45) is 8.18. The molecule has 20 heavy (non-hydrogen) atoms. The lowest BCUT2D eigenvalue weighted by molar-refractivity contribution is 0.324. The second-order valence-electron chi connectivity index (χ2n) is 4.99. The second kappa shape index (κ2) is 7.17. The topological polar surface area (TPSA) is 40.0 Å². The minimum atomic E-state index is 0.446. The average Bonchev–Trinajstić information content (AvgIpc) is 2.52. The van der Waals surface area contributed by atoms with Crippen LogP contribution in [-0.4, -0.2) is 33.6 Å². The van der Waals surface area contributed by atoms with E-state index in [-0.39, 0.29) is 0 Å². The molecule has 0 unspecified atom stereocenters. The lowest BCUT2D eigenvalue weighted by Gasteiger charge is -2.18. The molecule has 1 aliphatic rings. The van der Waals surface area contributed by atoms with Crippen LogP contribution < -0.4 is 14.2 Å². The first-order valence-corrected chi connectivity index (χ1v) is 7.12. The van der Waals surface area contributed by atoms with E-state index in [1.165, 1.54) is 32.1 Å². The molecule has 0 aliphatic heterocycles. The van der Waals surface area contributed by atoms with Gasteiger partial charge in [-0.2, -0.15) is 0 Å². The summed E-state index contributed by atoms with van der Waals surface area (Å²) in [6.45, 7) is 0. The molecule has 0 heterocycles. The molecular weight excluding hydrogens is 254 g/mol. The SMILES string of the molecule is COc1ccc(C=NC2CCCCC2)c(OC)c1OC. The number of hydrogen-bond donors (Lipinski definition) is 0. The van der Waals surface area contributed by atoms with Crippen LogP contribution in [0.4, 0.5) is 0 Å². The van der Waals surface area contributed by atoms with Gasteiger partial charge in [-0.3, -0.25) is 4.99 Å². The Kier molecular flexibility index (Phi) is 5.27. The summed E-state index contributed by atoms with van der Waals surface area (Å²) in [5.41, 5.74) is 0.927. The van der Waals surface area contributed by atoms with Crippen molar-refractivity contribution in [1.29, 1.82) is 0 Å². The van der Waals surface area contributed by atoms with Gasteiger partial charge < -0.3 is 14.2 Å². The third kappa shape index (κ3) is 3.24. The molecule has 0 spiro atoms. The summed E-state index contributed by atoms with van der Waals surface area (Å²) < 4.78 is 16.1. The first-order chi connectivity index (χ1) is 9.80. The third-order valence-electron chi connectivity index (χ3n) is 3.73. The molecule has 0 atom stereocenters. The Hall–Kier alpha value is -1.71. The Morgan fingerprint density at radius 1 is 0.950 bits per heavy atom. The van der Waals surface area contributed by atoms with Gasteiger partial charge in [0.2, 0.25) is 5.75 Å². The summed E-state index contributed by atoms with van der Waals surface area (Å²) in [5, 5.41) is 0. The van der Waals surface area contributed by atoms with Gasteiger partial charge in [0.25, 0.3) is 0 Å². The van der Waals surface area contributed by atoms with E-state index in [9.17, 15) is 0 Å². The van der Waals surface area contributed by atoms with Crippen LogP contribution in [0.25, 0.3) is 0 Å². The second-order valence-corrected chi connectivity index (χ2v) is 4.99. The predicted molar refractivity (Wildman–Crippen MR) is 80.6 cm³/mol. The maximum Gasteiger partial charge on any atom is 0.203 e. The van der Waals surface area contributed by atoms with Crippen LogP contribution in [-0.2, 0) is 0 Å². The van der Waals surface area contributed by atoms with E-state index in [0.717, 1.165) is 5.56 Å². The van der Waals surface area contributed by atoms with Gasteiger partial charge in [0.1, 0.15) is 0 Å². The van der Waals surface area contributed by atoms with Crippen molar-refractivity contribution in [2.45, 2.75) is 38.1 Å². The van der Waals surface area contributed by atoms with E-state index in [4.69, 9.17) is 19.2 Å². The largest absolute Gasteiger partial charge is 0.493 e. The highest BCUT2D eigenvalue weighted by atomic mass is 16.5. The van der Waals surface area contributed by atoms with Gasteiger partial charge >= 0.3 is 0 Å². The highest BCUT2D eigenvalue weighted by Crippen LogP contribution is 2.39. The zero-order valence-electron chi connectivity index (χ0n) is 12.5. The Balaban J connectivity index is 2.24. The lowest BCUT2D eigenvalue weighted by Crippen LogP contribution is -2.09. The zero-order valence-corrected chi connectivity index (χ0v) is 12.5. The van der Waals surface area contributed by atoms with Gasteiger partial charge in [0.15, 0.2) is 11.5 Å². The summed E-state index contributed by atoms with van der Waals surface area (Å²) in [7, 11) is 4.87. The molecule has 0 amide bonds. The Bertz CT molecular complexity index is 465. The minimum absolute atomic E-state index is 0.446. The van der Waals surface area contributed by atoms with Crippen molar-refractivity contribution in [3.63, 3.8) is 0 Å². The number of ether oxygens (including phenoxy) is 3. The van der Waals surface area contributed by atoms with Crippen molar-refractivity contribution >= 4 is 6.21 Å². The molecule has 110 valence electrons.